The second-order valence-electron chi connectivity index (χ2n) is 5.48. The van der Waals surface area contributed by atoms with Gasteiger partial charge in [-0.1, -0.05) is 0 Å². The van der Waals surface area contributed by atoms with E-state index >= 15 is 0 Å². The number of anilines is 2. The predicted molar refractivity (Wildman–Crippen MR) is 79.7 cm³/mol. The third-order valence-electron chi connectivity index (χ3n) is 2.24. The zero-order valence-corrected chi connectivity index (χ0v) is 12.4. The van der Waals surface area contributed by atoms with Crippen molar-refractivity contribution in [2.24, 2.45) is 0 Å². The molecule has 2 N–H and O–H groups in total. The lowest BCUT2D eigenvalue weighted by Gasteiger charge is -2.19. The van der Waals surface area contributed by atoms with Crippen LogP contribution < -0.4 is 15.4 Å². The van der Waals surface area contributed by atoms with Gasteiger partial charge in [-0.2, -0.15) is 0 Å². The molecule has 1 rings (SSSR count). The Morgan fingerprint density at radius 3 is 2.00 bits per heavy atom. The number of nitrogens with one attached hydrogen (secondary N) is 2. The van der Waals surface area contributed by atoms with Gasteiger partial charge in [0, 0.05) is 17.8 Å². The van der Waals surface area contributed by atoms with Crippen molar-refractivity contribution < 1.29 is 4.74 Å². The molecule has 0 fully saturated rings. The highest BCUT2D eigenvalue weighted by atomic mass is 16.5. The van der Waals surface area contributed by atoms with Gasteiger partial charge in [0.05, 0.1) is 11.8 Å². The second-order valence-corrected chi connectivity index (χ2v) is 5.48. The first-order valence-electron chi connectivity index (χ1n) is 6.72. The van der Waals surface area contributed by atoms with Gasteiger partial charge >= 0.3 is 0 Å². The average molecular weight is 250 g/mol. The van der Waals surface area contributed by atoms with Gasteiger partial charge in [-0.05, 0) is 59.7 Å². The molecule has 0 aliphatic rings. The molecule has 0 aromatic heterocycles. The van der Waals surface area contributed by atoms with Crippen LogP contribution in [0.5, 0.6) is 5.75 Å². The van der Waals surface area contributed by atoms with E-state index in [1.165, 1.54) is 0 Å². The Bertz CT molecular complexity index is 373. The summed E-state index contributed by atoms with van der Waals surface area (Å²) in [5, 5.41) is 6.83. The number of rotatable bonds is 6. The monoisotopic (exact) mass is 250 g/mol. The topological polar surface area (TPSA) is 33.3 Å². The molecule has 0 amide bonds. The molecule has 1 aromatic rings. The van der Waals surface area contributed by atoms with Gasteiger partial charge in [0.1, 0.15) is 5.75 Å². The molecule has 3 heteroatoms. The minimum Gasteiger partial charge on any atom is -0.489 e. The molecule has 0 unspecified atom stereocenters. The Morgan fingerprint density at radius 1 is 0.889 bits per heavy atom. The van der Waals surface area contributed by atoms with Crippen molar-refractivity contribution in [2.45, 2.75) is 59.7 Å². The lowest BCUT2D eigenvalue weighted by atomic mass is 10.2. The van der Waals surface area contributed by atoms with E-state index in [2.05, 4.69) is 50.5 Å². The summed E-state index contributed by atoms with van der Waals surface area (Å²) in [6, 6.07) is 7.00. The molecule has 0 saturated heterocycles. The lowest BCUT2D eigenvalue weighted by molar-refractivity contribution is 0.243. The summed E-state index contributed by atoms with van der Waals surface area (Å²) in [4.78, 5) is 0. The minimum atomic E-state index is 0.182. The zero-order chi connectivity index (χ0) is 13.7. The van der Waals surface area contributed by atoms with E-state index in [0.29, 0.717) is 12.1 Å². The van der Waals surface area contributed by atoms with Crippen molar-refractivity contribution in [3.63, 3.8) is 0 Å². The van der Waals surface area contributed by atoms with Crippen molar-refractivity contribution in [3.05, 3.63) is 18.2 Å². The summed E-state index contributed by atoms with van der Waals surface area (Å²) in [6.45, 7) is 12.6. The Hall–Kier alpha value is -1.38. The summed E-state index contributed by atoms with van der Waals surface area (Å²) in [7, 11) is 0. The number of ether oxygens (including phenoxy) is 1. The van der Waals surface area contributed by atoms with E-state index in [0.717, 1.165) is 17.1 Å². The number of hydrogen-bond donors (Lipinski definition) is 2. The maximum Gasteiger partial charge on any atom is 0.142 e. The fourth-order valence-electron chi connectivity index (χ4n) is 1.73. The molecule has 0 aliphatic carbocycles. The first kappa shape index (κ1) is 14.7. The van der Waals surface area contributed by atoms with Crippen LogP contribution in [0.1, 0.15) is 41.5 Å². The Balaban J connectivity index is 2.96. The third kappa shape index (κ3) is 4.86. The molecule has 0 spiro atoms. The molecular weight excluding hydrogens is 224 g/mol. The molecule has 3 nitrogen and oxygen atoms in total. The molecular formula is C15H26N2O. The molecule has 0 radical (unpaired) electrons. The third-order valence-corrected chi connectivity index (χ3v) is 2.24. The van der Waals surface area contributed by atoms with E-state index in [-0.39, 0.29) is 6.10 Å². The van der Waals surface area contributed by atoms with Crippen molar-refractivity contribution in [1.82, 2.24) is 0 Å². The normalized spacial score (nSPS) is 11.2. The molecule has 0 saturated carbocycles. The van der Waals surface area contributed by atoms with Gasteiger partial charge in [-0.15, -0.1) is 0 Å². The van der Waals surface area contributed by atoms with Crippen molar-refractivity contribution in [3.8, 4) is 5.75 Å². The summed E-state index contributed by atoms with van der Waals surface area (Å²) in [5.74, 6) is 0.910. The molecule has 1 aromatic carbocycles. The van der Waals surface area contributed by atoms with Crippen LogP contribution in [0, 0.1) is 0 Å². The number of benzene rings is 1. The molecule has 0 aliphatic heterocycles. The second kappa shape index (κ2) is 6.53. The Labute approximate surface area is 111 Å². The standard InChI is InChI=1S/C15H26N2O/c1-10(2)16-13-7-8-15(18-12(5)6)14(9-13)17-11(3)4/h7-12,16-17H,1-6H3. The molecule has 0 bridgehead atoms. The zero-order valence-electron chi connectivity index (χ0n) is 12.4. The highest BCUT2D eigenvalue weighted by Crippen LogP contribution is 2.29. The van der Waals surface area contributed by atoms with Crippen LogP contribution in [0.2, 0.25) is 0 Å². The molecule has 102 valence electrons. The van der Waals surface area contributed by atoms with Crippen LogP contribution in [-0.4, -0.2) is 18.2 Å². The maximum atomic E-state index is 5.82. The SMILES string of the molecule is CC(C)Nc1ccc(OC(C)C)c(NC(C)C)c1. The predicted octanol–water partition coefficient (Wildman–Crippen LogP) is 4.11. The van der Waals surface area contributed by atoms with Gasteiger partial charge in [-0.25, -0.2) is 0 Å². The van der Waals surface area contributed by atoms with Crippen molar-refractivity contribution in [2.75, 3.05) is 10.6 Å². The maximum absolute atomic E-state index is 5.82. The molecule has 0 heterocycles. The van der Waals surface area contributed by atoms with Gasteiger partial charge in [0.2, 0.25) is 0 Å². The highest BCUT2D eigenvalue weighted by molar-refractivity contribution is 5.65. The Kier molecular flexibility index (Phi) is 5.32. The summed E-state index contributed by atoms with van der Waals surface area (Å²) in [5.41, 5.74) is 2.16. The summed E-state index contributed by atoms with van der Waals surface area (Å²) < 4.78 is 5.82. The fourth-order valence-corrected chi connectivity index (χ4v) is 1.73. The van der Waals surface area contributed by atoms with Crippen LogP contribution in [-0.2, 0) is 0 Å². The quantitative estimate of drug-likeness (QED) is 0.797. The van der Waals surface area contributed by atoms with Gasteiger partial charge < -0.3 is 15.4 Å². The fraction of sp³-hybridized carbons (Fsp3) is 0.600. The van der Waals surface area contributed by atoms with Gasteiger partial charge in [0.15, 0.2) is 0 Å². The van der Waals surface area contributed by atoms with Crippen molar-refractivity contribution >= 4 is 11.4 Å². The van der Waals surface area contributed by atoms with E-state index in [1.54, 1.807) is 0 Å². The van der Waals surface area contributed by atoms with E-state index < -0.39 is 0 Å². The lowest BCUT2D eigenvalue weighted by Crippen LogP contribution is -2.15. The van der Waals surface area contributed by atoms with Crippen LogP contribution in [0.4, 0.5) is 11.4 Å². The van der Waals surface area contributed by atoms with Crippen LogP contribution in [0.25, 0.3) is 0 Å². The van der Waals surface area contributed by atoms with Crippen LogP contribution in [0.15, 0.2) is 18.2 Å². The van der Waals surface area contributed by atoms with Crippen molar-refractivity contribution in [1.29, 1.82) is 0 Å². The highest BCUT2D eigenvalue weighted by Gasteiger charge is 2.08. The van der Waals surface area contributed by atoms with Gasteiger partial charge in [-0.3, -0.25) is 0 Å². The van der Waals surface area contributed by atoms with E-state index in [1.807, 2.05) is 19.9 Å². The number of hydrogen-bond acceptors (Lipinski definition) is 3. The molecule has 0 atom stereocenters. The molecule has 18 heavy (non-hydrogen) atoms. The van der Waals surface area contributed by atoms with Gasteiger partial charge in [0.25, 0.3) is 0 Å². The van der Waals surface area contributed by atoms with Crippen LogP contribution in [0.3, 0.4) is 0 Å². The minimum absolute atomic E-state index is 0.182. The first-order chi connectivity index (χ1) is 8.38. The van der Waals surface area contributed by atoms with E-state index in [9.17, 15) is 0 Å². The first-order valence-corrected chi connectivity index (χ1v) is 6.72. The Morgan fingerprint density at radius 2 is 1.50 bits per heavy atom. The van der Waals surface area contributed by atoms with Crippen LogP contribution >= 0.6 is 0 Å². The smallest absolute Gasteiger partial charge is 0.142 e. The average Bonchev–Trinajstić information content (AvgIpc) is 2.19. The largest absolute Gasteiger partial charge is 0.489 e. The summed E-state index contributed by atoms with van der Waals surface area (Å²) >= 11 is 0. The van der Waals surface area contributed by atoms with E-state index in [4.69, 9.17) is 4.74 Å². The summed E-state index contributed by atoms with van der Waals surface area (Å²) in [6.07, 6.45) is 0.182.